The van der Waals surface area contributed by atoms with Gasteiger partial charge < -0.3 is 11.1 Å². The average molecular weight is 220 g/mol. The summed E-state index contributed by atoms with van der Waals surface area (Å²) in [4.78, 5) is 0. The number of rotatable bonds is 6. The van der Waals surface area contributed by atoms with Crippen molar-refractivity contribution in [1.82, 2.24) is 5.32 Å². The monoisotopic (exact) mass is 220 g/mol. The normalized spacial score (nSPS) is 12.7. The fourth-order valence-electron chi connectivity index (χ4n) is 2.06. The molecule has 0 heterocycles. The third-order valence-corrected chi connectivity index (χ3v) is 2.89. The number of nitrogens with two attached hydrogens (primary N) is 1. The molecule has 0 saturated heterocycles. The maximum absolute atomic E-state index is 5.78. The molecule has 2 nitrogen and oxygen atoms in total. The lowest BCUT2D eigenvalue weighted by molar-refractivity contribution is 0.492. The minimum atomic E-state index is 0.477. The predicted molar refractivity (Wildman–Crippen MR) is 71.5 cm³/mol. The Morgan fingerprint density at radius 3 is 2.56 bits per heavy atom. The fraction of sp³-hybridized carbons (Fsp3) is 0.571. The highest BCUT2D eigenvalue weighted by Crippen LogP contribution is 2.23. The van der Waals surface area contributed by atoms with Gasteiger partial charge in [0.05, 0.1) is 0 Å². The van der Waals surface area contributed by atoms with Crippen LogP contribution >= 0.6 is 0 Å². The van der Waals surface area contributed by atoms with Crippen molar-refractivity contribution in [2.45, 2.75) is 46.1 Å². The lowest BCUT2D eigenvalue weighted by Crippen LogP contribution is -2.22. The summed E-state index contributed by atoms with van der Waals surface area (Å²) in [7, 11) is 0. The van der Waals surface area contributed by atoms with Crippen LogP contribution < -0.4 is 11.1 Å². The second-order valence-electron chi connectivity index (χ2n) is 4.41. The average Bonchev–Trinajstić information content (AvgIpc) is 2.25. The smallest absolute Gasteiger partial charge is 0.0322 e. The van der Waals surface area contributed by atoms with Crippen LogP contribution in [0.15, 0.2) is 18.2 Å². The van der Waals surface area contributed by atoms with Crippen molar-refractivity contribution in [3.05, 3.63) is 29.3 Å². The van der Waals surface area contributed by atoms with Gasteiger partial charge in [0.2, 0.25) is 0 Å². The van der Waals surface area contributed by atoms with E-state index in [-0.39, 0.29) is 0 Å². The first-order chi connectivity index (χ1) is 7.69. The molecule has 1 atom stereocenters. The van der Waals surface area contributed by atoms with Crippen LogP contribution in [0.4, 0.5) is 5.69 Å². The van der Waals surface area contributed by atoms with Gasteiger partial charge in [-0.2, -0.15) is 0 Å². The summed E-state index contributed by atoms with van der Waals surface area (Å²) in [5.41, 5.74) is 9.32. The van der Waals surface area contributed by atoms with Gasteiger partial charge in [-0.05, 0) is 49.6 Å². The van der Waals surface area contributed by atoms with E-state index in [4.69, 9.17) is 5.73 Å². The van der Waals surface area contributed by atoms with Crippen molar-refractivity contribution in [3.63, 3.8) is 0 Å². The number of nitrogen functional groups attached to an aromatic ring is 1. The third-order valence-electron chi connectivity index (χ3n) is 2.89. The third kappa shape index (κ3) is 3.53. The van der Waals surface area contributed by atoms with E-state index in [0.717, 1.165) is 12.2 Å². The van der Waals surface area contributed by atoms with E-state index in [9.17, 15) is 0 Å². The first kappa shape index (κ1) is 13.0. The maximum Gasteiger partial charge on any atom is 0.0322 e. The Labute approximate surface area is 99.2 Å². The highest BCUT2D eigenvalue weighted by molar-refractivity contribution is 5.45. The van der Waals surface area contributed by atoms with Gasteiger partial charge in [0, 0.05) is 11.7 Å². The van der Waals surface area contributed by atoms with Crippen molar-refractivity contribution in [3.8, 4) is 0 Å². The van der Waals surface area contributed by atoms with Crippen molar-refractivity contribution >= 4 is 5.69 Å². The van der Waals surface area contributed by atoms with Crippen LogP contribution in [0, 0.1) is 6.92 Å². The van der Waals surface area contributed by atoms with Crippen molar-refractivity contribution in [2.24, 2.45) is 0 Å². The van der Waals surface area contributed by atoms with Crippen LogP contribution in [0.1, 0.15) is 50.3 Å². The minimum Gasteiger partial charge on any atom is -0.399 e. The molecule has 0 amide bonds. The van der Waals surface area contributed by atoms with Gasteiger partial charge in [-0.1, -0.05) is 26.3 Å². The Hall–Kier alpha value is -1.02. The van der Waals surface area contributed by atoms with E-state index in [1.54, 1.807) is 0 Å². The Morgan fingerprint density at radius 1 is 1.25 bits per heavy atom. The van der Waals surface area contributed by atoms with Crippen LogP contribution in [-0.4, -0.2) is 6.54 Å². The number of benzene rings is 1. The van der Waals surface area contributed by atoms with Gasteiger partial charge in [0.25, 0.3) is 0 Å². The maximum atomic E-state index is 5.78. The summed E-state index contributed by atoms with van der Waals surface area (Å²) < 4.78 is 0. The molecule has 0 aliphatic carbocycles. The Kier molecular flexibility index (Phi) is 5.33. The van der Waals surface area contributed by atoms with Gasteiger partial charge in [-0.3, -0.25) is 0 Å². The van der Waals surface area contributed by atoms with Crippen LogP contribution in [0.25, 0.3) is 0 Å². The number of anilines is 1. The van der Waals surface area contributed by atoms with Gasteiger partial charge in [-0.25, -0.2) is 0 Å². The summed E-state index contributed by atoms with van der Waals surface area (Å²) in [6, 6.07) is 6.70. The molecule has 0 aliphatic heterocycles. The minimum absolute atomic E-state index is 0.477. The van der Waals surface area contributed by atoms with Crippen LogP contribution in [-0.2, 0) is 0 Å². The second-order valence-corrected chi connectivity index (χ2v) is 4.41. The van der Waals surface area contributed by atoms with Crippen LogP contribution in [0.2, 0.25) is 0 Å². The van der Waals surface area contributed by atoms with Gasteiger partial charge in [0.1, 0.15) is 0 Å². The predicted octanol–water partition coefficient (Wildman–Crippen LogP) is 3.42. The molecule has 90 valence electrons. The van der Waals surface area contributed by atoms with Gasteiger partial charge in [-0.15, -0.1) is 0 Å². The first-order valence-electron chi connectivity index (χ1n) is 6.28. The molecule has 0 fully saturated rings. The molecule has 1 unspecified atom stereocenters. The van der Waals surface area contributed by atoms with Crippen molar-refractivity contribution in [2.75, 3.05) is 12.3 Å². The molecule has 0 aromatic heterocycles. The van der Waals surface area contributed by atoms with E-state index in [1.165, 1.54) is 30.4 Å². The van der Waals surface area contributed by atoms with Crippen LogP contribution in [0.5, 0.6) is 0 Å². The van der Waals surface area contributed by atoms with E-state index in [0.29, 0.717) is 6.04 Å². The van der Waals surface area contributed by atoms with Crippen molar-refractivity contribution in [1.29, 1.82) is 0 Å². The number of hydrogen-bond donors (Lipinski definition) is 2. The van der Waals surface area contributed by atoms with E-state index < -0.39 is 0 Å². The number of hydrogen-bond acceptors (Lipinski definition) is 2. The molecule has 0 radical (unpaired) electrons. The SMILES string of the molecule is CCCNC(CCC)c1ccc(N)cc1C. The zero-order valence-electron chi connectivity index (χ0n) is 10.7. The molecule has 0 aliphatic rings. The molecule has 2 heteroatoms. The molecule has 16 heavy (non-hydrogen) atoms. The molecule has 1 aromatic rings. The number of nitrogens with one attached hydrogen (secondary N) is 1. The Morgan fingerprint density at radius 2 is 2.00 bits per heavy atom. The topological polar surface area (TPSA) is 38.0 Å². The molecule has 3 N–H and O–H groups in total. The first-order valence-corrected chi connectivity index (χ1v) is 6.28. The van der Waals surface area contributed by atoms with E-state index in [2.05, 4.69) is 38.2 Å². The lowest BCUT2D eigenvalue weighted by Gasteiger charge is -2.20. The van der Waals surface area contributed by atoms with E-state index in [1.807, 2.05) is 6.07 Å². The summed E-state index contributed by atoms with van der Waals surface area (Å²) in [6.07, 6.45) is 3.56. The fourth-order valence-corrected chi connectivity index (χ4v) is 2.06. The second kappa shape index (κ2) is 6.54. The summed E-state index contributed by atoms with van der Waals surface area (Å²) in [5, 5.41) is 3.61. The molecular formula is C14H24N2. The molecule has 0 saturated carbocycles. The molecular weight excluding hydrogens is 196 g/mol. The summed E-state index contributed by atoms with van der Waals surface area (Å²) in [6.45, 7) is 7.65. The lowest BCUT2D eigenvalue weighted by atomic mass is 9.97. The van der Waals surface area contributed by atoms with E-state index >= 15 is 0 Å². The zero-order valence-corrected chi connectivity index (χ0v) is 10.7. The van der Waals surface area contributed by atoms with Crippen molar-refractivity contribution < 1.29 is 0 Å². The highest BCUT2D eigenvalue weighted by Gasteiger charge is 2.11. The molecule has 1 rings (SSSR count). The Bertz CT molecular complexity index is 321. The molecule has 0 spiro atoms. The highest BCUT2D eigenvalue weighted by atomic mass is 14.9. The van der Waals surface area contributed by atoms with Gasteiger partial charge in [0.15, 0.2) is 0 Å². The standard InChI is InChI=1S/C14H24N2/c1-4-6-14(16-9-5-2)13-8-7-12(15)10-11(13)3/h7-8,10,14,16H,4-6,9,15H2,1-3H3. The zero-order chi connectivity index (χ0) is 12.0. The quantitative estimate of drug-likeness (QED) is 0.721. The number of aryl methyl sites for hydroxylation is 1. The van der Waals surface area contributed by atoms with Gasteiger partial charge >= 0.3 is 0 Å². The molecule has 1 aromatic carbocycles. The summed E-state index contributed by atoms with van der Waals surface area (Å²) in [5.74, 6) is 0. The summed E-state index contributed by atoms with van der Waals surface area (Å²) >= 11 is 0. The molecule has 0 bridgehead atoms. The Balaban J connectivity index is 2.82. The largest absolute Gasteiger partial charge is 0.399 e. The van der Waals surface area contributed by atoms with Crippen LogP contribution in [0.3, 0.4) is 0 Å².